The average molecular weight is 480 g/mol. The Kier molecular flexibility index (Phi) is 6.47. The molecule has 3 rings (SSSR count). The fourth-order valence-corrected chi connectivity index (χ4v) is 3.23. The van der Waals surface area contributed by atoms with Crippen molar-refractivity contribution in [2.75, 3.05) is 17.2 Å². The number of hydrogen-bond acceptors (Lipinski definition) is 9. The summed E-state index contributed by atoms with van der Waals surface area (Å²) in [5.74, 6) is 0. The molecule has 0 aliphatic heterocycles. The summed E-state index contributed by atoms with van der Waals surface area (Å²) >= 11 is 0. The van der Waals surface area contributed by atoms with Crippen LogP contribution in [-0.2, 0) is 6.18 Å². The molecule has 0 aliphatic carbocycles. The Morgan fingerprint density at radius 3 is 2.09 bits per heavy atom. The van der Waals surface area contributed by atoms with E-state index in [1.54, 1.807) is 0 Å². The van der Waals surface area contributed by atoms with Crippen LogP contribution in [0.4, 0.5) is 41.6 Å². The molecule has 3 aromatic rings. The molecule has 0 fully saturated rings. The molecule has 178 valence electrons. The standard InChI is InChI=1S/C19H15F3N6O6/c1-10(9-24-13-4-5-14(26(29)30)12-3-2-6-23-17(12)13)25-18-15(27(31)32)7-11(19(20,21)22)8-16(18)28(33)34/h2-8,10,24-25H,9H2,1H3/t10-/m0/s1. The molecule has 12 nitrogen and oxygen atoms in total. The van der Waals surface area contributed by atoms with Crippen molar-refractivity contribution in [1.82, 2.24) is 4.98 Å². The number of aromatic nitrogens is 1. The molecule has 0 aliphatic rings. The molecule has 2 N–H and O–H groups in total. The van der Waals surface area contributed by atoms with Gasteiger partial charge >= 0.3 is 6.18 Å². The van der Waals surface area contributed by atoms with Gasteiger partial charge in [-0.2, -0.15) is 13.2 Å². The van der Waals surface area contributed by atoms with Crippen molar-refractivity contribution in [1.29, 1.82) is 0 Å². The minimum atomic E-state index is -5.02. The maximum absolute atomic E-state index is 13.1. The number of nitrogens with one attached hydrogen (secondary N) is 2. The number of anilines is 2. The molecule has 1 atom stereocenters. The topological polar surface area (TPSA) is 166 Å². The smallest absolute Gasteiger partial charge is 0.381 e. The Hall–Kier alpha value is -4.56. The quantitative estimate of drug-likeness (QED) is 0.337. The van der Waals surface area contributed by atoms with Crippen molar-refractivity contribution < 1.29 is 27.9 Å². The first kappa shape index (κ1) is 24.1. The van der Waals surface area contributed by atoms with Crippen molar-refractivity contribution in [2.45, 2.75) is 19.1 Å². The number of non-ortho nitro benzene ring substituents is 1. The zero-order valence-electron chi connectivity index (χ0n) is 17.2. The van der Waals surface area contributed by atoms with Crippen molar-refractivity contribution in [3.05, 3.63) is 78.5 Å². The predicted molar refractivity (Wildman–Crippen MR) is 115 cm³/mol. The van der Waals surface area contributed by atoms with E-state index in [1.165, 1.54) is 37.4 Å². The second kappa shape index (κ2) is 9.13. The molecule has 34 heavy (non-hydrogen) atoms. The predicted octanol–water partition coefficient (Wildman–Crippen LogP) is 4.89. The van der Waals surface area contributed by atoms with Gasteiger partial charge in [0.2, 0.25) is 0 Å². The monoisotopic (exact) mass is 480 g/mol. The fourth-order valence-electron chi connectivity index (χ4n) is 3.23. The lowest BCUT2D eigenvalue weighted by Gasteiger charge is -2.18. The van der Waals surface area contributed by atoms with Gasteiger partial charge in [0.1, 0.15) is 5.52 Å². The normalized spacial score (nSPS) is 12.2. The molecule has 0 saturated heterocycles. The van der Waals surface area contributed by atoms with Crippen molar-refractivity contribution >= 4 is 39.3 Å². The van der Waals surface area contributed by atoms with Crippen LogP contribution in [0.2, 0.25) is 0 Å². The summed E-state index contributed by atoms with van der Waals surface area (Å²) in [6, 6.07) is 5.38. The second-order valence-corrected chi connectivity index (χ2v) is 7.12. The van der Waals surface area contributed by atoms with Crippen LogP contribution in [0.15, 0.2) is 42.6 Å². The number of hydrogen-bond donors (Lipinski definition) is 2. The van der Waals surface area contributed by atoms with Crippen LogP contribution in [0.25, 0.3) is 10.9 Å². The molecule has 2 aromatic carbocycles. The summed E-state index contributed by atoms with van der Waals surface area (Å²) in [6.07, 6.45) is -3.60. The highest BCUT2D eigenvalue weighted by atomic mass is 19.4. The average Bonchev–Trinajstić information content (AvgIpc) is 2.76. The van der Waals surface area contributed by atoms with Crippen LogP contribution in [0.3, 0.4) is 0 Å². The number of halogens is 3. The van der Waals surface area contributed by atoms with E-state index in [0.717, 1.165) is 0 Å². The Morgan fingerprint density at radius 2 is 1.56 bits per heavy atom. The number of rotatable bonds is 8. The molecule has 0 spiro atoms. The van der Waals surface area contributed by atoms with E-state index in [0.29, 0.717) is 5.69 Å². The number of alkyl halides is 3. The molecule has 0 unspecified atom stereocenters. The number of fused-ring (bicyclic) bond motifs is 1. The molecule has 15 heteroatoms. The molecule has 1 heterocycles. The molecule has 0 bridgehead atoms. The molecular formula is C19H15F3N6O6. The summed E-state index contributed by atoms with van der Waals surface area (Å²) in [4.78, 5) is 35.2. The van der Waals surface area contributed by atoms with Gasteiger partial charge in [0.05, 0.1) is 31.4 Å². The lowest BCUT2D eigenvalue weighted by molar-refractivity contribution is -0.392. The van der Waals surface area contributed by atoms with Gasteiger partial charge in [-0.15, -0.1) is 0 Å². The van der Waals surface area contributed by atoms with Gasteiger partial charge in [-0.3, -0.25) is 35.3 Å². The molecule has 0 amide bonds. The van der Waals surface area contributed by atoms with Gasteiger partial charge in [0.15, 0.2) is 5.69 Å². The Bertz CT molecular complexity index is 1260. The Balaban J connectivity index is 1.90. The van der Waals surface area contributed by atoms with E-state index in [1.807, 2.05) is 0 Å². The molecule has 0 saturated carbocycles. The third-order valence-electron chi connectivity index (χ3n) is 4.75. The third kappa shape index (κ3) is 4.92. The van der Waals surface area contributed by atoms with Gasteiger partial charge in [-0.1, -0.05) is 0 Å². The van der Waals surface area contributed by atoms with Gasteiger partial charge in [-0.25, -0.2) is 0 Å². The van der Waals surface area contributed by atoms with Gasteiger partial charge in [-0.05, 0) is 25.1 Å². The van der Waals surface area contributed by atoms with Crippen molar-refractivity contribution in [3.8, 4) is 0 Å². The number of nitrogens with zero attached hydrogens (tertiary/aromatic N) is 4. The molecular weight excluding hydrogens is 465 g/mol. The first-order valence-corrected chi connectivity index (χ1v) is 9.46. The summed E-state index contributed by atoms with van der Waals surface area (Å²) in [5, 5.41) is 39.7. The number of benzene rings is 2. The Labute approximate surface area is 187 Å². The number of pyridine rings is 1. The minimum absolute atomic E-state index is 0.0151. The second-order valence-electron chi connectivity index (χ2n) is 7.12. The van der Waals surface area contributed by atoms with Gasteiger partial charge < -0.3 is 10.6 Å². The first-order valence-electron chi connectivity index (χ1n) is 9.46. The maximum atomic E-state index is 13.1. The van der Waals surface area contributed by atoms with E-state index in [9.17, 15) is 43.5 Å². The van der Waals surface area contributed by atoms with Crippen LogP contribution in [0, 0.1) is 30.3 Å². The van der Waals surface area contributed by atoms with Gasteiger partial charge in [0.25, 0.3) is 17.1 Å². The van der Waals surface area contributed by atoms with Crippen LogP contribution in [-0.4, -0.2) is 32.3 Å². The zero-order valence-corrected chi connectivity index (χ0v) is 17.2. The van der Waals surface area contributed by atoms with Gasteiger partial charge in [0, 0.05) is 37.0 Å². The van der Waals surface area contributed by atoms with E-state index in [2.05, 4.69) is 15.6 Å². The van der Waals surface area contributed by atoms with Crippen LogP contribution < -0.4 is 10.6 Å². The summed E-state index contributed by atoms with van der Waals surface area (Å²) in [7, 11) is 0. The largest absolute Gasteiger partial charge is 0.416 e. The van der Waals surface area contributed by atoms with E-state index in [-0.39, 0.29) is 35.3 Å². The van der Waals surface area contributed by atoms with Crippen LogP contribution in [0.5, 0.6) is 0 Å². The Morgan fingerprint density at radius 1 is 0.971 bits per heavy atom. The van der Waals surface area contributed by atoms with E-state index >= 15 is 0 Å². The van der Waals surface area contributed by atoms with E-state index in [4.69, 9.17) is 0 Å². The number of nitro groups is 3. The molecule has 1 aromatic heterocycles. The van der Waals surface area contributed by atoms with E-state index < -0.39 is 49.6 Å². The summed E-state index contributed by atoms with van der Waals surface area (Å²) in [6.45, 7) is 1.47. The van der Waals surface area contributed by atoms with Crippen molar-refractivity contribution in [3.63, 3.8) is 0 Å². The zero-order chi connectivity index (χ0) is 25.2. The highest BCUT2D eigenvalue weighted by molar-refractivity contribution is 5.96. The molecule has 0 radical (unpaired) electrons. The summed E-state index contributed by atoms with van der Waals surface area (Å²) in [5.41, 5.74) is -3.92. The van der Waals surface area contributed by atoms with Crippen LogP contribution >= 0.6 is 0 Å². The SMILES string of the molecule is C[C@@H](CNc1ccc([N+](=O)[O-])c2cccnc12)Nc1c([N+](=O)[O-])cc(C(F)(F)F)cc1[N+](=O)[O-]. The fraction of sp³-hybridized carbons (Fsp3) is 0.211. The lowest BCUT2D eigenvalue weighted by atomic mass is 10.1. The summed E-state index contributed by atoms with van der Waals surface area (Å²) < 4.78 is 39.2. The first-order chi connectivity index (χ1) is 15.9. The maximum Gasteiger partial charge on any atom is 0.416 e. The third-order valence-corrected chi connectivity index (χ3v) is 4.75. The number of nitro benzene ring substituents is 3. The minimum Gasteiger partial charge on any atom is -0.381 e. The van der Waals surface area contributed by atoms with Crippen LogP contribution in [0.1, 0.15) is 12.5 Å². The van der Waals surface area contributed by atoms with Crippen molar-refractivity contribution in [2.24, 2.45) is 0 Å². The highest BCUT2D eigenvalue weighted by Crippen LogP contribution is 2.41. The highest BCUT2D eigenvalue weighted by Gasteiger charge is 2.38. The lowest BCUT2D eigenvalue weighted by Crippen LogP contribution is -2.26.